The number of likely N-dealkylation sites (tertiary alicyclic amines) is 1. The topological polar surface area (TPSA) is 66.8 Å². The summed E-state index contributed by atoms with van der Waals surface area (Å²) in [6, 6.07) is 16.7. The number of carbonyl (C=O) groups is 2. The zero-order valence-electron chi connectivity index (χ0n) is 16.3. The molecule has 2 aliphatic carbocycles. The van der Waals surface area contributed by atoms with Crippen LogP contribution < -0.4 is 0 Å². The minimum atomic E-state index is -0.672. The Kier molecular flexibility index (Phi) is 4.53. The summed E-state index contributed by atoms with van der Waals surface area (Å²) < 4.78 is 5.74. The number of nitrogens with zero attached hydrogens (tertiary/aromatic N) is 1. The SMILES string of the molecule is O=C(O)[C@@H]1C[C@@H]1C1CCN(C(=O)OCC2c3ccccc3-c3ccccc32)CC1. The average Bonchev–Trinajstić information content (AvgIpc) is 3.50. The summed E-state index contributed by atoms with van der Waals surface area (Å²) in [5.41, 5.74) is 4.88. The number of carboxylic acid groups (broad SMARTS) is 1. The largest absolute Gasteiger partial charge is 0.481 e. The summed E-state index contributed by atoms with van der Waals surface area (Å²) in [7, 11) is 0. The molecule has 1 N–H and O–H groups in total. The van der Waals surface area contributed by atoms with Crippen molar-refractivity contribution in [2.75, 3.05) is 19.7 Å². The number of carbonyl (C=O) groups excluding carboxylic acids is 1. The fourth-order valence-corrected chi connectivity index (χ4v) is 5.22. The van der Waals surface area contributed by atoms with Crippen molar-refractivity contribution < 1.29 is 19.4 Å². The molecule has 0 aromatic heterocycles. The highest BCUT2D eigenvalue weighted by molar-refractivity contribution is 5.79. The molecule has 0 unspecified atom stereocenters. The molecule has 2 aromatic carbocycles. The van der Waals surface area contributed by atoms with E-state index in [1.165, 1.54) is 22.3 Å². The third-order valence-electron chi connectivity index (χ3n) is 6.90. The Morgan fingerprint density at radius 2 is 1.55 bits per heavy atom. The Bertz CT molecular complexity index is 902. The average molecular weight is 391 g/mol. The maximum Gasteiger partial charge on any atom is 0.409 e. The Balaban J connectivity index is 1.19. The van der Waals surface area contributed by atoms with Crippen LogP contribution in [0.15, 0.2) is 48.5 Å². The molecule has 5 heteroatoms. The normalized spacial score (nSPS) is 23.4. The van der Waals surface area contributed by atoms with Crippen LogP contribution in [0.3, 0.4) is 0 Å². The molecule has 0 bridgehead atoms. The van der Waals surface area contributed by atoms with Gasteiger partial charge in [0.05, 0.1) is 5.92 Å². The van der Waals surface area contributed by atoms with Crippen LogP contribution in [0.1, 0.15) is 36.3 Å². The van der Waals surface area contributed by atoms with E-state index in [2.05, 4.69) is 24.3 Å². The van der Waals surface area contributed by atoms with Crippen LogP contribution >= 0.6 is 0 Å². The van der Waals surface area contributed by atoms with Crippen LogP contribution in [0.5, 0.6) is 0 Å². The maximum atomic E-state index is 12.7. The first-order chi connectivity index (χ1) is 14.1. The molecule has 150 valence electrons. The van der Waals surface area contributed by atoms with Gasteiger partial charge >= 0.3 is 12.1 Å². The molecule has 29 heavy (non-hydrogen) atoms. The minimum absolute atomic E-state index is 0.0756. The molecule has 1 heterocycles. The molecule has 0 radical (unpaired) electrons. The third kappa shape index (κ3) is 3.28. The van der Waals surface area contributed by atoms with E-state index in [0.717, 1.165) is 19.3 Å². The second-order valence-electron chi connectivity index (χ2n) is 8.47. The van der Waals surface area contributed by atoms with Crippen LogP contribution in [-0.2, 0) is 9.53 Å². The van der Waals surface area contributed by atoms with E-state index in [1.807, 2.05) is 24.3 Å². The van der Waals surface area contributed by atoms with Gasteiger partial charge in [-0.05, 0) is 53.4 Å². The maximum absolute atomic E-state index is 12.7. The van der Waals surface area contributed by atoms with Gasteiger partial charge in [-0.1, -0.05) is 48.5 Å². The lowest BCUT2D eigenvalue weighted by Gasteiger charge is -2.31. The Hall–Kier alpha value is -2.82. The number of amides is 1. The standard InChI is InChI=1S/C24H25NO4/c26-23(27)21-13-20(21)15-9-11-25(12-10-15)24(28)29-14-22-18-7-3-1-5-16(18)17-6-2-4-8-19(17)22/h1-8,15,20-22H,9-14H2,(H,26,27)/t20-,21-/m1/s1. The number of piperidine rings is 1. The van der Waals surface area contributed by atoms with Gasteiger partial charge in [0.2, 0.25) is 0 Å². The molecule has 3 aliphatic rings. The molecule has 1 amide bonds. The van der Waals surface area contributed by atoms with E-state index in [4.69, 9.17) is 9.84 Å². The number of ether oxygens (including phenoxy) is 1. The smallest absolute Gasteiger partial charge is 0.409 e. The van der Waals surface area contributed by atoms with Crippen molar-refractivity contribution in [2.45, 2.75) is 25.2 Å². The number of rotatable bonds is 4. The minimum Gasteiger partial charge on any atom is -0.481 e. The predicted octanol–water partition coefficient (Wildman–Crippen LogP) is 4.37. The van der Waals surface area contributed by atoms with Gasteiger partial charge in [0, 0.05) is 19.0 Å². The van der Waals surface area contributed by atoms with Gasteiger partial charge in [-0.25, -0.2) is 4.79 Å². The quantitative estimate of drug-likeness (QED) is 0.841. The monoisotopic (exact) mass is 391 g/mol. The lowest BCUT2D eigenvalue weighted by molar-refractivity contribution is -0.139. The van der Waals surface area contributed by atoms with Crippen molar-refractivity contribution in [3.8, 4) is 11.1 Å². The molecule has 0 spiro atoms. The second-order valence-corrected chi connectivity index (χ2v) is 8.47. The van der Waals surface area contributed by atoms with Gasteiger partial charge in [-0.2, -0.15) is 0 Å². The zero-order chi connectivity index (χ0) is 20.0. The number of benzene rings is 2. The number of fused-ring (bicyclic) bond motifs is 3. The summed E-state index contributed by atoms with van der Waals surface area (Å²) in [6.45, 7) is 1.66. The summed E-state index contributed by atoms with van der Waals surface area (Å²) in [5, 5.41) is 9.12. The summed E-state index contributed by atoms with van der Waals surface area (Å²) in [5.74, 6) is -0.0347. The van der Waals surface area contributed by atoms with Crippen LogP contribution in [0.4, 0.5) is 4.79 Å². The molecule has 2 fully saturated rings. The Morgan fingerprint density at radius 1 is 0.966 bits per heavy atom. The fourth-order valence-electron chi connectivity index (χ4n) is 5.22. The van der Waals surface area contributed by atoms with Crippen LogP contribution in [-0.4, -0.2) is 41.8 Å². The molecule has 2 atom stereocenters. The zero-order valence-corrected chi connectivity index (χ0v) is 16.3. The lowest BCUT2D eigenvalue weighted by atomic mass is 9.91. The fraction of sp³-hybridized carbons (Fsp3) is 0.417. The number of aliphatic carboxylic acids is 1. The van der Waals surface area contributed by atoms with Crippen molar-refractivity contribution in [2.24, 2.45) is 17.8 Å². The van der Waals surface area contributed by atoms with Crippen molar-refractivity contribution in [3.05, 3.63) is 59.7 Å². The Morgan fingerprint density at radius 3 is 2.10 bits per heavy atom. The molecule has 1 saturated heterocycles. The van der Waals surface area contributed by atoms with E-state index in [-0.39, 0.29) is 17.9 Å². The van der Waals surface area contributed by atoms with Crippen LogP contribution in [0.25, 0.3) is 11.1 Å². The first-order valence-corrected chi connectivity index (χ1v) is 10.5. The van der Waals surface area contributed by atoms with Gasteiger partial charge in [-0.3, -0.25) is 4.79 Å². The number of carboxylic acids is 1. The first kappa shape index (κ1) is 18.2. The van der Waals surface area contributed by atoms with Crippen LogP contribution in [0, 0.1) is 17.8 Å². The predicted molar refractivity (Wildman–Crippen MR) is 109 cm³/mol. The van der Waals surface area contributed by atoms with Gasteiger partial charge in [-0.15, -0.1) is 0 Å². The van der Waals surface area contributed by atoms with Crippen molar-refractivity contribution in [3.63, 3.8) is 0 Å². The van der Waals surface area contributed by atoms with Crippen molar-refractivity contribution >= 4 is 12.1 Å². The first-order valence-electron chi connectivity index (χ1n) is 10.5. The highest BCUT2D eigenvalue weighted by Crippen LogP contribution is 2.48. The van der Waals surface area contributed by atoms with Crippen LogP contribution in [0.2, 0.25) is 0 Å². The van der Waals surface area contributed by atoms with E-state index >= 15 is 0 Å². The molecule has 1 saturated carbocycles. The van der Waals surface area contributed by atoms with E-state index < -0.39 is 5.97 Å². The summed E-state index contributed by atoms with van der Waals surface area (Å²) >= 11 is 0. The van der Waals surface area contributed by atoms with Gasteiger partial charge in [0.25, 0.3) is 0 Å². The van der Waals surface area contributed by atoms with E-state index in [1.54, 1.807) is 4.90 Å². The molecule has 1 aliphatic heterocycles. The molecular formula is C24H25NO4. The molecule has 5 rings (SSSR count). The number of hydrogen-bond donors (Lipinski definition) is 1. The van der Waals surface area contributed by atoms with Gasteiger partial charge < -0.3 is 14.7 Å². The third-order valence-corrected chi connectivity index (χ3v) is 6.90. The lowest BCUT2D eigenvalue weighted by Crippen LogP contribution is -2.39. The second kappa shape index (κ2) is 7.21. The molecular weight excluding hydrogens is 366 g/mol. The van der Waals surface area contributed by atoms with E-state index in [0.29, 0.717) is 31.5 Å². The molecule has 2 aromatic rings. The van der Waals surface area contributed by atoms with E-state index in [9.17, 15) is 9.59 Å². The van der Waals surface area contributed by atoms with Crippen molar-refractivity contribution in [1.29, 1.82) is 0 Å². The molecule has 5 nitrogen and oxygen atoms in total. The van der Waals surface area contributed by atoms with Gasteiger partial charge in [0.1, 0.15) is 6.61 Å². The van der Waals surface area contributed by atoms with Crippen molar-refractivity contribution in [1.82, 2.24) is 4.90 Å². The number of hydrogen-bond acceptors (Lipinski definition) is 3. The summed E-state index contributed by atoms with van der Waals surface area (Å²) in [4.78, 5) is 25.5. The highest BCUT2D eigenvalue weighted by Gasteiger charge is 2.48. The van der Waals surface area contributed by atoms with Gasteiger partial charge in [0.15, 0.2) is 0 Å². The highest BCUT2D eigenvalue weighted by atomic mass is 16.6. The summed E-state index contributed by atoms with van der Waals surface area (Å²) in [6.07, 6.45) is 2.29. The Labute approximate surface area is 170 Å².